The number of Topliss-reactive ketones (excluding diaryl/α,β-unsaturated/α-hetero) is 1. The molecular weight excluding hydrogens is 262 g/mol. The SMILES string of the molecule is O=C1/C(=C/c2cccc3cccnc23)Oc2ccccc21. The van der Waals surface area contributed by atoms with Gasteiger partial charge in [-0.05, 0) is 24.3 Å². The Balaban J connectivity index is 1.84. The van der Waals surface area contributed by atoms with E-state index in [9.17, 15) is 4.79 Å². The monoisotopic (exact) mass is 273 g/mol. The van der Waals surface area contributed by atoms with Gasteiger partial charge in [0.05, 0.1) is 11.1 Å². The van der Waals surface area contributed by atoms with E-state index in [0.717, 1.165) is 16.5 Å². The van der Waals surface area contributed by atoms with Gasteiger partial charge in [-0.3, -0.25) is 9.78 Å². The Hall–Kier alpha value is -2.94. The molecule has 0 spiro atoms. The van der Waals surface area contributed by atoms with Gasteiger partial charge in [-0.15, -0.1) is 0 Å². The van der Waals surface area contributed by atoms with Crippen molar-refractivity contribution in [1.82, 2.24) is 4.98 Å². The van der Waals surface area contributed by atoms with E-state index in [1.54, 1.807) is 24.4 Å². The van der Waals surface area contributed by atoms with Crippen LogP contribution in [0.15, 0.2) is 66.6 Å². The van der Waals surface area contributed by atoms with Gasteiger partial charge in [0.1, 0.15) is 5.75 Å². The Labute approximate surface area is 121 Å². The number of pyridine rings is 1. The summed E-state index contributed by atoms with van der Waals surface area (Å²) in [5.41, 5.74) is 2.35. The van der Waals surface area contributed by atoms with E-state index in [1.165, 1.54) is 0 Å². The number of allylic oxidation sites excluding steroid dienone is 1. The number of carbonyl (C=O) groups excluding carboxylic acids is 1. The first-order valence-electron chi connectivity index (χ1n) is 6.70. The highest BCUT2D eigenvalue weighted by molar-refractivity contribution is 6.15. The normalized spacial score (nSPS) is 15.2. The van der Waals surface area contributed by atoms with Crippen molar-refractivity contribution in [3.05, 3.63) is 77.7 Å². The molecule has 0 unspecified atom stereocenters. The van der Waals surface area contributed by atoms with Crippen molar-refractivity contribution in [3.63, 3.8) is 0 Å². The smallest absolute Gasteiger partial charge is 0.231 e. The summed E-state index contributed by atoms with van der Waals surface area (Å²) in [7, 11) is 0. The minimum atomic E-state index is -0.0847. The summed E-state index contributed by atoms with van der Waals surface area (Å²) < 4.78 is 5.66. The number of ketones is 1. The van der Waals surface area contributed by atoms with Gasteiger partial charge in [-0.2, -0.15) is 0 Å². The number of para-hydroxylation sites is 2. The van der Waals surface area contributed by atoms with Gasteiger partial charge in [-0.25, -0.2) is 0 Å². The fourth-order valence-electron chi connectivity index (χ4n) is 2.52. The highest BCUT2D eigenvalue weighted by atomic mass is 16.5. The molecule has 0 aliphatic carbocycles. The van der Waals surface area contributed by atoms with Crippen LogP contribution in [0, 0.1) is 0 Å². The zero-order chi connectivity index (χ0) is 14.2. The molecule has 0 saturated carbocycles. The van der Waals surface area contributed by atoms with Crippen LogP contribution in [-0.2, 0) is 0 Å². The molecule has 4 rings (SSSR count). The molecule has 1 aromatic heterocycles. The van der Waals surface area contributed by atoms with Gasteiger partial charge in [0, 0.05) is 17.1 Å². The van der Waals surface area contributed by atoms with E-state index < -0.39 is 0 Å². The van der Waals surface area contributed by atoms with Crippen molar-refractivity contribution in [1.29, 1.82) is 0 Å². The number of ether oxygens (including phenoxy) is 1. The number of rotatable bonds is 1. The van der Waals surface area contributed by atoms with Crippen molar-refractivity contribution in [2.24, 2.45) is 0 Å². The van der Waals surface area contributed by atoms with Gasteiger partial charge in [0.2, 0.25) is 5.78 Å². The first-order chi connectivity index (χ1) is 10.3. The van der Waals surface area contributed by atoms with Crippen molar-refractivity contribution < 1.29 is 9.53 Å². The number of carbonyl (C=O) groups is 1. The number of hydrogen-bond acceptors (Lipinski definition) is 3. The predicted octanol–water partition coefficient (Wildman–Crippen LogP) is 3.85. The Morgan fingerprint density at radius 1 is 0.952 bits per heavy atom. The Morgan fingerprint density at radius 3 is 2.71 bits per heavy atom. The third-order valence-corrected chi connectivity index (χ3v) is 3.53. The van der Waals surface area contributed by atoms with Gasteiger partial charge in [-0.1, -0.05) is 36.4 Å². The average molecular weight is 273 g/mol. The van der Waals surface area contributed by atoms with Crippen LogP contribution >= 0.6 is 0 Å². The van der Waals surface area contributed by atoms with Gasteiger partial charge >= 0.3 is 0 Å². The molecule has 0 radical (unpaired) electrons. The number of aromatic nitrogens is 1. The summed E-state index contributed by atoms with van der Waals surface area (Å²) in [5, 5.41) is 1.04. The van der Waals surface area contributed by atoms with E-state index in [1.807, 2.05) is 42.5 Å². The fraction of sp³-hybridized carbons (Fsp3) is 0. The molecular formula is C18H11NO2. The van der Waals surface area contributed by atoms with Crippen LogP contribution in [0.2, 0.25) is 0 Å². The summed E-state index contributed by atoms with van der Waals surface area (Å²) in [4.78, 5) is 16.7. The average Bonchev–Trinajstić information content (AvgIpc) is 2.85. The van der Waals surface area contributed by atoms with Gasteiger partial charge < -0.3 is 4.74 Å². The van der Waals surface area contributed by atoms with Crippen LogP contribution < -0.4 is 4.74 Å². The largest absolute Gasteiger partial charge is 0.452 e. The van der Waals surface area contributed by atoms with E-state index in [0.29, 0.717) is 17.1 Å². The van der Waals surface area contributed by atoms with Crippen molar-refractivity contribution in [2.75, 3.05) is 0 Å². The first kappa shape index (κ1) is 11.9. The molecule has 0 N–H and O–H groups in total. The Kier molecular flexibility index (Phi) is 2.57. The van der Waals surface area contributed by atoms with E-state index in [2.05, 4.69) is 4.98 Å². The van der Waals surface area contributed by atoms with Crippen molar-refractivity contribution >= 4 is 22.8 Å². The highest BCUT2D eigenvalue weighted by Crippen LogP contribution is 2.32. The van der Waals surface area contributed by atoms with Gasteiger partial charge in [0.25, 0.3) is 0 Å². The number of benzene rings is 2. The molecule has 3 aromatic rings. The van der Waals surface area contributed by atoms with Crippen LogP contribution in [0.25, 0.3) is 17.0 Å². The zero-order valence-corrected chi connectivity index (χ0v) is 11.1. The minimum absolute atomic E-state index is 0.0847. The summed E-state index contributed by atoms with van der Waals surface area (Å²) in [6.07, 6.45) is 3.51. The summed E-state index contributed by atoms with van der Waals surface area (Å²) in [5.74, 6) is 0.870. The molecule has 3 nitrogen and oxygen atoms in total. The summed E-state index contributed by atoms with van der Waals surface area (Å²) >= 11 is 0. The standard InChI is InChI=1S/C18H11NO2/c20-18-14-8-1-2-9-15(14)21-16(18)11-13-6-3-5-12-7-4-10-19-17(12)13/h1-11H/b16-11-. The third-order valence-electron chi connectivity index (χ3n) is 3.53. The molecule has 0 saturated heterocycles. The lowest BCUT2D eigenvalue weighted by molar-refractivity contribution is 0.101. The van der Waals surface area contributed by atoms with Crippen LogP contribution in [0.3, 0.4) is 0 Å². The lowest BCUT2D eigenvalue weighted by Crippen LogP contribution is -1.98. The maximum absolute atomic E-state index is 12.3. The molecule has 2 aromatic carbocycles. The molecule has 0 atom stereocenters. The maximum atomic E-state index is 12.3. The molecule has 0 bridgehead atoms. The summed E-state index contributed by atoms with van der Waals surface area (Å²) in [6, 6.07) is 17.0. The molecule has 21 heavy (non-hydrogen) atoms. The number of fused-ring (bicyclic) bond motifs is 2. The Bertz CT molecular complexity index is 891. The molecule has 1 aliphatic heterocycles. The van der Waals surface area contributed by atoms with E-state index >= 15 is 0 Å². The van der Waals surface area contributed by atoms with E-state index in [4.69, 9.17) is 4.74 Å². The van der Waals surface area contributed by atoms with Crippen LogP contribution in [0.4, 0.5) is 0 Å². The second kappa shape index (κ2) is 4.56. The molecule has 0 fully saturated rings. The van der Waals surface area contributed by atoms with Gasteiger partial charge in [0.15, 0.2) is 5.76 Å². The fourth-order valence-corrected chi connectivity index (χ4v) is 2.52. The highest BCUT2D eigenvalue weighted by Gasteiger charge is 2.26. The number of nitrogens with zero attached hydrogens (tertiary/aromatic N) is 1. The first-order valence-corrected chi connectivity index (χ1v) is 6.70. The minimum Gasteiger partial charge on any atom is -0.452 e. The predicted molar refractivity (Wildman–Crippen MR) is 81.1 cm³/mol. The summed E-state index contributed by atoms with van der Waals surface area (Å²) in [6.45, 7) is 0. The lowest BCUT2D eigenvalue weighted by Gasteiger charge is -2.02. The van der Waals surface area contributed by atoms with Crippen LogP contribution in [0.1, 0.15) is 15.9 Å². The molecule has 100 valence electrons. The molecule has 1 aliphatic rings. The quantitative estimate of drug-likeness (QED) is 0.632. The maximum Gasteiger partial charge on any atom is 0.231 e. The van der Waals surface area contributed by atoms with Crippen LogP contribution in [-0.4, -0.2) is 10.8 Å². The van der Waals surface area contributed by atoms with Crippen molar-refractivity contribution in [2.45, 2.75) is 0 Å². The second-order valence-corrected chi connectivity index (χ2v) is 4.86. The number of hydrogen-bond donors (Lipinski definition) is 0. The Morgan fingerprint density at radius 2 is 1.81 bits per heavy atom. The molecule has 0 amide bonds. The lowest BCUT2D eigenvalue weighted by atomic mass is 10.1. The third kappa shape index (κ3) is 1.91. The topological polar surface area (TPSA) is 39.2 Å². The molecule has 3 heteroatoms. The second-order valence-electron chi connectivity index (χ2n) is 4.86. The van der Waals surface area contributed by atoms with E-state index in [-0.39, 0.29) is 5.78 Å². The van der Waals surface area contributed by atoms with Crippen LogP contribution in [0.5, 0.6) is 5.75 Å². The molecule has 2 heterocycles. The zero-order valence-electron chi connectivity index (χ0n) is 11.1. The van der Waals surface area contributed by atoms with Crippen molar-refractivity contribution in [3.8, 4) is 5.75 Å².